The molecule has 1 aromatic heterocycles. The van der Waals surface area contributed by atoms with Gasteiger partial charge in [0, 0.05) is 4.88 Å². The van der Waals surface area contributed by atoms with Gasteiger partial charge in [-0.05, 0) is 24.3 Å². The Kier molecular flexibility index (Phi) is 6.45. The first kappa shape index (κ1) is 19.6. The van der Waals surface area contributed by atoms with Gasteiger partial charge in [-0.2, -0.15) is 13.2 Å². The number of thiophene rings is 1. The van der Waals surface area contributed by atoms with Gasteiger partial charge < -0.3 is 19.9 Å². The number of carbonyl (C=O) groups is 2. The molecule has 0 saturated carbocycles. The normalized spacial score (nSPS) is 11.0. The molecule has 140 valence electrons. The van der Waals surface area contributed by atoms with Crippen molar-refractivity contribution in [1.29, 1.82) is 0 Å². The first-order chi connectivity index (χ1) is 12.2. The lowest BCUT2D eigenvalue weighted by molar-refractivity contribution is -0.153. The molecule has 10 heteroatoms. The minimum atomic E-state index is -4.49. The standard InChI is InChI=1S/C16H14F3NO5S/c17-16(18,19)9-25-12-4-2-1-3-11(12)24-8-14(21)20-7-10-5-6-13(26-10)15(22)23/h1-6H,7-9H2,(H,20,21)(H,22,23). The Morgan fingerprint density at radius 1 is 1.08 bits per heavy atom. The van der Waals surface area contributed by atoms with Gasteiger partial charge in [0.15, 0.2) is 24.7 Å². The fourth-order valence-corrected chi connectivity index (χ4v) is 2.60. The van der Waals surface area contributed by atoms with Gasteiger partial charge in [0.25, 0.3) is 5.91 Å². The summed E-state index contributed by atoms with van der Waals surface area (Å²) in [4.78, 5) is 23.4. The second-order valence-corrected chi connectivity index (χ2v) is 6.16. The molecule has 0 unspecified atom stereocenters. The zero-order valence-electron chi connectivity index (χ0n) is 13.2. The van der Waals surface area contributed by atoms with Crippen LogP contribution in [0.5, 0.6) is 11.5 Å². The molecule has 0 atom stereocenters. The molecule has 0 spiro atoms. The Balaban J connectivity index is 1.84. The maximum atomic E-state index is 12.2. The lowest BCUT2D eigenvalue weighted by atomic mass is 10.3. The van der Waals surface area contributed by atoms with Crippen molar-refractivity contribution >= 4 is 23.2 Å². The number of carbonyl (C=O) groups excluding carboxylic acids is 1. The maximum Gasteiger partial charge on any atom is 0.422 e. The van der Waals surface area contributed by atoms with E-state index in [9.17, 15) is 22.8 Å². The molecule has 0 aliphatic heterocycles. The number of halogens is 3. The summed E-state index contributed by atoms with van der Waals surface area (Å²) < 4.78 is 46.6. The Bertz CT molecular complexity index is 775. The van der Waals surface area contributed by atoms with Crippen molar-refractivity contribution in [3.8, 4) is 11.5 Å². The third-order valence-electron chi connectivity index (χ3n) is 2.93. The molecule has 0 bridgehead atoms. The molecule has 1 amide bonds. The number of nitrogens with one attached hydrogen (secondary N) is 1. The van der Waals surface area contributed by atoms with Gasteiger partial charge in [0.05, 0.1) is 6.54 Å². The number of ether oxygens (including phenoxy) is 2. The van der Waals surface area contributed by atoms with E-state index in [2.05, 4.69) is 10.1 Å². The van der Waals surface area contributed by atoms with Crippen LogP contribution in [0.3, 0.4) is 0 Å². The number of benzene rings is 1. The van der Waals surface area contributed by atoms with Gasteiger partial charge in [-0.15, -0.1) is 11.3 Å². The molecule has 0 radical (unpaired) electrons. The van der Waals surface area contributed by atoms with E-state index in [4.69, 9.17) is 9.84 Å². The third-order valence-corrected chi connectivity index (χ3v) is 4.00. The highest BCUT2D eigenvalue weighted by molar-refractivity contribution is 7.13. The quantitative estimate of drug-likeness (QED) is 0.725. The van der Waals surface area contributed by atoms with E-state index in [0.29, 0.717) is 4.88 Å². The highest BCUT2D eigenvalue weighted by Crippen LogP contribution is 2.28. The number of rotatable bonds is 8. The molecule has 0 aliphatic rings. The van der Waals surface area contributed by atoms with E-state index in [1.165, 1.54) is 30.3 Å². The zero-order valence-corrected chi connectivity index (χ0v) is 14.0. The van der Waals surface area contributed by atoms with Crippen LogP contribution in [0.25, 0.3) is 0 Å². The van der Waals surface area contributed by atoms with Gasteiger partial charge in [0.1, 0.15) is 4.88 Å². The topological polar surface area (TPSA) is 84.9 Å². The lowest BCUT2D eigenvalue weighted by Gasteiger charge is -2.13. The zero-order chi connectivity index (χ0) is 19.2. The van der Waals surface area contributed by atoms with E-state index >= 15 is 0 Å². The minimum Gasteiger partial charge on any atom is -0.480 e. The number of para-hydroxylation sites is 2. The number of hydrogen-bond acceptors (Lipinski definition) is 5. The number of aromatic carboxylic acids is 1. The Morgan fingerprint density at radius 2 is 1.73 bits per heavy atom. The van der Waals surface area contributed by atoms with Crippen LogP contribution >= 0.6 is 11.3 Å². The number of carboxylic acid groups (broad SMARTS) is 1. The van der Waals surface area contributed by atoms with E-state index < -0.39 is 31.3 Å². The van der Waals surface area contributed by atoms with Crippen LogP contribution in [-0.4, -0.2) is 36.4 Å². The monoisotopic (exact) mass is 389 g/mol. The van der Waals surface area contributed by atoms with Gasteiger partial charge in [-0.3, -0.25) is 4.79 Å². The average molecular weight is 389 g/mol. The van der Waals surface area contributed by atoms with Crippen molar-refractivity contribution < 1.29 is 37.3 Å². The largest absolute Gasteiger partial charge is 0.480 e. The first-order valence-electron chi connectivity index (χ1n) is 7.24. The van der Waals surface area contributed by atoms with Crippen molar-refractivity contribution in [1.82, 2.24) is 5.32 Å². The van der Waals surface area contributed by atoms with Crippen LogP contribution in [0.4, 0.5) is 13.2 Å². The summed E-state index contributed by atoms with van der Waals surface area (Å²) >= 11 is 1.03. The first-order valence-corrected chi connectivity index (χ1v) is 8.06. The summed E-state index contributed by atoms with van der Waals surface area (Å²) in [7, 11) is 0. The molecule has 0 aliphatic carbocycles. The second-order valence-electron chi connectivity index (χ2n) is 4.99. The van der Waals surface area contributed by atoms with Gasteiger partial charge in [0.2, 0.25) is 0 Å². The van der Waals surface area contributed by atoms with Gasteiger partial charge >= 0.3 is 12.1 Å². The maximum absolute atomic E-state index is 12.2. The molecule has 6 nitrogen and oxygen atoms in total. The van der Waals surface area contributed by atoms with E-state index in [-0.39, 0.29) is 22.9 Å². The Morgan fingerprint density at radius 3 is 2.31 bits per heavy atom. The van der Waals surface area contributed by atoms with E-state index in [1.54, 1.807) is 6.07 Å². The van der Waals surface area contributed by atoms with Crippen LogP contribution in [0.2, 0.25) is 0 Å². The second kappa shape index (κ2) is 8.56. The number of carboxylic acids is 1. The molecular formula is C16H14F3NO5S. The van der Waals surface area contributed by atoms with E-state index in [0.717, 1.165) is 11.3 Å². The van der Waals surface area contributed by atoms with Crippen molar-refractivity contribution in [3.05, 3.63) is 46.2 Å². The summed E-state index contributed by atoms with van der Waals surface area (Å²) in [5.74, 6) is -1.68. The van der Waals surface area contributed by atoms with Crippen LogP contribution in [-0.2, 0) is 11.3 Å². The van der Waals surface area contributed by atoms with Crippen LogP contribution in [0.1, 0.15) is 14.5 Å². The SMILES string of the molecule is O=C(COc1ccccc1OCC(F)(F)F)NCc1ccc(C(=O)O)s1. The van der Waals surface area contributed by atoms with Crippen molar-refractivity contribution in [3.63, 3.8) is 0 Å². The van der Waals surface area contributed by atoms with Crippen molar-refractivity contribution in [2.75, 3.05) is 13.2 Å². The molecule has 0 fully saturated rings. The molecule has 2 N–H and O–H groups in total. The van der Waals surface area contributed by atoms with Crippen LogP contribution in [0, 0.1) is 0 Å². The van der Waals surface area contributed by atoms with Crippen LogP contribution in [0.15, 0.2) is 36.4 Å². The molecule has 2 aromatic rings. The highest BCUT2D eigenvalue weighted by Gasteiger charge is 2.29. The molecule has 26 heavy (non-hydrogen) atoms. The smallest absolute Gasteiger partial charge is 0.422 e. The summed E-state index contributed by atoms with van der Waals surface area (Å²) in [5, 5.41) is 11.4. The predicted octanol–water partition coefficient (Wildman–Crippen LogP) is 3.08. The lowest BCUT2D eigenvalue weighted by Crippen LogP contribution is -2.28. The highest BCUT2D eigenvalue weighted by atomic mass is 32.1. The molecule has 0 saturated heterocycles. The molecule has 2 rings (SSSR count). The molecule has 1 heterocycles. The fourth-order valence-electron chi connectivity index (χ4n) is 1.82. The third kappa shape index (κ3) is 6.28. The Hall–Kier alpha value is -2.75. The fraction of sp³-hybridized carbons (Fsp3) is 0.250. The summed E-state index contributed by atoms with van der Waals surface area (Å²) in [6.07, 6.45) is -4.49. The van der Waals surface area contributed by atoms with Gasteiger partial charge in [-0.1, -0.05) is 12.1 Å². The predicted molar refractivity (Wildman–Crippen MR) is 86.6 cm³/mol. The summed E-state index contributed by atoms with van der Waals surface area (Å²) in [6, 6.07) is 8.71. The summed E-state index contributed by atoms with van der Waals surface area (Å²) in [5.41, 5.74) is 0. The van der Waals surface area contributed by atoms with Gasteiger partial charge in [-0.25, -0.2) is 4.79 Å². The van der Waals surface area contributed by atoms with Crippen molar-refractivity contribution in [2.24, 2.45) is 0 Å². The Labute approximate surface area is 150 Å². The summed E-state index contributed by atoms with van der Waals surface area (Å²) in [6.45, 7) is -1.78. The minimum absolute atomic E-state index is 0.0104. The van der Waals surface area contributed by atoms with E-state index in [1.807, 2.05) is 0 Å². The number of alkyl halides is 3. The van der Waals surface area contributed by atoms with Crippen molar-refractivity contribution in [2.45, 2.75) is 12.7 Å². The number of hydrogen-bond donors (Lipinski definition) is 2. The average Bonchev–Trinajstić information content (AvgIpc) is 3.05. The van der Waals surface area contributed by atoms with Crippen LogP contribution < -0.4 is 14.8 Å². The molecular weight excluding hydrogens is 375 g/mol. The molecule has 1 aromatic carbocycles. The number of amides is 1.